The van der Waals surface area contributed by atoms with Crippen LogP contribution < -0.4 is 0 Å². The van der Waals surface area contributed by atoms with Crippen LogP contribution in [-0.2, 0) is 20.9 Å². The molecule has 148 valence electrons. The zero-order chi connectivity index (χ0) is 19.2. The predicted molar refractivity (Wildman–Crippen MR) is 101 cm³/mol. The van der Waals surface area contributed by atoms with E-state index in [1.54, 1.807) is 13.8 Å². The van der Waals surface area contributed by atoms with Crippen molar-refractivity contribution in [1.29, 1.82) is 0 Å². The summed E-state index contributed by atoms with van der Waals surface area (Å²) in [6, 6.07) is 0. The van der Waals surface area contributed by atoms with Gasteiger partial charge in [-0.2, -0.15) is 8.42 Å². The van der Waals surface area contributed by atoms with E-state index in [0.29, 0.717) is 50.0 Å². The molecule has 24 heavy (non-hydrogen) atoms. The Balaban J connectivity index is 3.94. The molecule has 0 aliphatic rings. The molecule has 0 saturated carbocycles. The lowest BCUT2D eigenvalue weighted by atomic mass is 10.1. The topological polar surface area (TPSA) is 132 Å². The van der Waals surface area contributed by atoms with Gasteiger partial charge in [-0.15, -0.1) is 0 Å². The Morgan fingerprint density at radius 1 is 0.750 bits per heavy atom. The van der Waals surface area contributed by atoms with Crippen LogP contribution in [0.2, 0.25) is 0 Å². The minimum Gasteiger partial charge on any atom is -0.308 e. The van der Waals surface area contributed by atoms with Crippen LogP contribution in [0, 0.1) is 0 Å². The summed E-state index contributed by atoms with van der Waals surface area (Å²) in [5.74, 6) is 0.961. The van der Waals surface area contributed by atoms with E-state index >= 15 is 0 Å². The minimum absolute atomic E-state index is 0.311. The van der Waals surface area contributed by atoms with Crippen LogP contribution in [0.4, 0.5) is 0 Å². The first kappa shape index (κ1) is 24.3. The molecule has 0 aliphatic carbocycles. The summed E-state index contributed by atoms with van der Waals surface area (Å²) in [4.78, 5) is 0. The van der Waals surface area contributed by atoms with Gasteiger partial charge in [0, 0.05) is 22.3 Å². The average Bonchev–Trinajstić information content (AvgIpc) is 2.37. The zero-order valence-corrected chi connectivity index (χ0v) is 17.3. The van der Waals surface area contributed by atoms with E-state index in [2.05, 4.69) is 0 Å². The number of rotatable bonds is 12. The van der Waals surface area contributed by atoms with Crippen molar-refractivity contribution in [3.63, 3.8) is 0 Å². The Morgan fingerprint density at radius 3 is 1.46 bits per heavy atom. The van der Waals surface area contributed by atoms with Gasteiger partial charge in [0.25, 0.3) is 10.1 Å². The highest BCUT2D eigenvalue weighted by Gasteiger charge is 2.35. The highest BCUT2D eigenvalue weighted by Crippen LogP contribution is 2.50. The van der Waals surface area contributed by atoms with Gasteiger partial charge in [-0.1, -0.05) is 12.8 Å². The van der Waals surface area contributed by atoms with Crippen molar-refractivity contribution in [2.24, 2.45) is 0 Å². The van der Waals surface area contributed by atoms with E-state index in [1.807, 2.05) is 0 Å². The number of hydrogen-bond acceptors (Lipinski definition) is 6. The largest absolute Gasteiger partial charge is 0.308 e. The van der Waals surface area contributed by atoms with Gasteiger partial charge in [0.2, 0.25) is 0 Å². The number of unbranched alkanes of at least 4 members (excludes halogenated alkanes) is 2. The Bertz CT molecular complexity index is 507. The van der Waals surface area contributed by atoms with Crippen molar-refractivity contribution in [3.8, 4) is 0 Å². The molecule has 0 bridgehead atoms. The van der Waals surface area contributed by atoms with Crippen LogP contribution in [-0.4, -0.2) is 51.8 Å². The molecule has 0 aromatic carbocycles. The first-order valence-electron chi connectivity index (χ1n) is 7.92. The summed E-state index contributed by atoms with van der Waals surface area (Å²) >= 11 is 0. The maximum Gasteiger partial charge on any atom is 0.270 e. The summed E-state index contributed by atoms with van der Waals surface area (Å²) in [5.41, 5.74) is 0. The highest BCUT2D eigenvalue weighted by atomic mass is 32.3. The molecule has 0 saturated heterocycles. The normalized spacial score (nSPS) is 16.2. The van der Waals surface area contributed by atoms with Crippen LogP contribution in [0.15, 0.2) is 0 Å². The average molecular weight is 409 g/mol. The zero-order valence-electron chi connectivity index (χ0n) is 14.9. The van der Waals surface area contributed by atoms with Gasteiger partial charge in [-0.05, 0) is 53.4 Å². The maximum absolute atomic E-state index is 11.9. The molecule has 1 unspecified atom stereocenters. The second kappa shape index (κ2) is 9.29. The molecule has 0 aromatic heterocycles. The second-order valence-electron chi connectivity index (χ2n) is 7.28. The summed E-state index contributed by atoms with van der Waals surface area (Å²) in [7, 11) is -8.69. The van der Waals surface area contributed by atoms with E-state index in [-0.39, 0.29) is 0 Å². The van der Waals surface area contributed by atoms with Crippen molar-refractivity contribution in [3.05, 3.63) is 0 Å². The molecular weight excluding hydrogens is 376 g/mol. The van der Waals surface area contributed by atoms with E-state index in [9.17, 15) is 26.3 Å². The van der Waals surface area contributed by atoms with Crippen LogP contribution >= 0.6 is 10.9 Å². The van der Waals surface area contributed by atoms with Crippen LogP contribution in [0.3, 0.4) is 0 Å². The van der Waals surface area contributed by atoms with Gasteiger partial charge in [0.1, 0.15) is 0 Å². The molecular formula is C14H32O7S3. The summed E-state index contributed by atoms with van der Waals surface area (Å²) in [6.07, 6.45) is 3.20. The Labute approximate surface area is 150 Å². The molecule has 4 N–H and O–H groups in total. The predicted octanol–water partition coefficient (Wildman–Crippen LogP) is 3.74. The third-order valence-corrected chi connectivity index (χ3v) is 9.02. The van der Waals surface area contributed by atoms with E-state index < -0.39 is 41.3 Å². The van der Waals surface area contributed by atoms with E-state index in [0.717, 1.165) is 0 Å². The molecule has 0 radical (unpaired) electrons. The highest BCUT2D eigenvalue weighted by molar-refractivity contribution is 8.20. The lowest BCUT2D eigenvalue weighted by Gasteiger charge is -2.37. The van der Waals surface area contributed by atoms with E-state index in [1.165, 1.54) is 13.8 Å². The fourth-order valence-corrected chi connectivity index (χ4v) is 4.07. The smallest absolute Gasteiger partial charge is 0.270 e. The molecule has 1 atom stereocenters. The molecule has 0 aromatic rings. The van der Waals surface area contributed by atoms with Gasteiger partial charge in [0.15, 0.2) is 0 Å². The van der Waals surface area contributed by atoms with Crippen LogP contribution in [0.5, 0.6) is 0 Å². The minimum atomic E-state index is -4.08. The Morgan fingerprint density at radius 2 is 1.12 bits per heavy atom. The van der Waals surface area contributed by atoms with Crippen molar-refractivity contribution in [2.45, 2.75) is 75.7 Å². The van der Waals surface area contributed by atoms with Crippen LogP contribution in [0.25, 0.3) is 0 Å². The lowest BCUT2D eigenvalue weighted by molar-refractivity contribution is 0.331. The number of hydrogen-bond donors (Lipinski definition) is 4. The molecule has 0 heterocycles. The van der Waals surface area contributed by atoms with Crippen molar-refractivity contribution < 1.29 is 30.8 Å². The molecule has 0 spiro atoms. The van der Waals surface area contributed by atoms with Gasteiger partial charge in [-0.25, -0.2) is 0 Å². The quantitative estimate of drug-likeness (QED) is 0.285. The molecule has 7 nitrogen and oxygen atoms in total. The first-order chi connectivity index (χ1) is 10.6. The first-order valence-corrected chi connectivity index (χ1v) is 12.4. The molecule has 10 heteroatoms. The monoisotopic (exact) mass is 408 g/mol. The van der Waals surface area contributed by atoms with Crippen molar-refractivity contribution >= 4 is 31.8 Å². The third-order valence-electron chi connectivity index (χ3n) is 4.24. The van der Waals surface area contributed by atoms with Gasteiger partial charge in [-0.3, -0.25) is 8.76 Å². The lowest BCUT2D eigenvalue weighted by Crippen LogP contribution is -2.31. The van der Waals surface area contributed by atoms with Crippen molar-refractivity contribution in [1.82, 2.24) is 0 Å². The second-order valence-corrected chi connectivity index (χ2v) is 13.2. The summed E-state index contributed by atoms with van der Waals surface area (Å²) in [6.45, 7) is 6.09. The summed E-state index contributed by atoms with van der Waals surface area (Å²) in [5, 5.41) is 0. The SMILES string of the molecule is CC(C)(CCCCS(=O)CCCCC(C)(C)S(=O)(=O)O)S(O)(O)O. The van der Waals surface area contributed by atoms with Gasteiger partial charge < -0.3 is 13.7 Å². The van der Waals surface area contributed by atoms with Crippen LogP contribution in [0.1, 0.15) is 66.2 Å². The van der Waals surface area contributed by atoms with Gasteiger partial charge >= 0.3 is 0 Å². The fraction of sp³-hybridized carbons (Fsp3) is 1.00. The maximum atomic E-state index is 11.9. The standard InChI is InChI=1S/C14H32O7S3/c1-13(2,23(16,17)18)9-5-7-11-22(15)12-8-6-10-14(3,4)24(19,20)21/h16-18H,5-12H2,1-4H3,(H,19,20,21). The Hall–Kier alpha value is 0.290. The van der Waals surface area contributed by atoms with Gasteiger partial charge in [0.05, 0.1) is 20.4 Å². The van der Waals surface area contributed by atoms with Crippen molar-refractivity contribution in [2.75, 3.05) is 11.5 Å². The summed E-state index contributed by atoms with van der Waals surface area (Å²) < 4.78 is 69.0. The van der Waals surface area contributed by atoms with E-state index in [4.69, 9.17) is 4.55 Å². The third kappa shape index (κ3) is 8.59. The molecule has 0 rings (SSSR count). The molecule has 0 fully saturated rings. The molecule has 0 aliphatic heterocycles. The fourth-order valence-electron chi connectivity index (χ4n) is 2.00. The Kier molecular flexibility index (Phi) is 9.40. The molecule has 0 amide bonds.